The van der Waals surface area contributed by atoms with Crippen LogP contribution in [0.3, 0.4) is 0 Å². The van der Waals surface area contributed by atoms with Crippen molar-refractivity contribution in [3.8, 4) is 0 Å². The van der Waals surface area contributed by atoms with Crippen molar-refractivity contribution in [1.29, 1.82) is 0 Å². The van der Waals surface area contributed by atoms with E-state index in [-0.39, 0.29) is 0 Å². The van der Waals surface area contributed by atoms with E-state index in [0.29, 0.717) is 0 Å². The van der Waals surface area contributed by atoms with Gasteiger partial charge in [-0.15, -0.1) is 0 Å². The second-order valence-corrected chi connectivity index (χ2v) is 4.66. The number of hydrogen-bond acceptors (Lipinski definition) is 2. The second kappa shape index (κ2) is 5.71. The smallest absolute Gasteiger partial charge is 0.0489 e. The van der Waals surface area contributed by atoms with Crippen molar-refractivity contribution in [3.63, 3.8) is 0 Å². The molecule has 3 rings (SSSR count). The molecule has 19 heavy (non-hydrogen) atoms. The van der Waals surface area contributed by atoms with E-state index in [2.05, 4.69) is 45.9 Å². The maximum atomic E-state index is 4.19. The first-order valence-electron chi connectivity index (χ1n) is 6.66. The van der Waals surface area contributed by atoms with Gasteiger partial charge in [0.05, 0.1) is 0 Å². The molecule has 4 nitrogen and oxygen atoms in total. The minimum Gasteiger partial charge on any atom is -0.361 e. The molecule has 0 radical (unpaired) electrons. The van der Waals surface area contributed by atoms with E-state index in [1.807, 2.05) is 23.1 Å². The number of aryl methyl sites for hydroxylation is 1. The lowest BCUT2D eigenvalue weighted by Crippen LogP contribution is -2.16. The number of nitrogens with zero attached hydrogens (tertiary/aromatic N) is 2. The van der Waals surface area contributed by atoms with Crippen LogP contribution in [0, 0.1) is 0 Å². The number of benzene rings is 1. The Labute approximate surface area is 112 Å². The molecule has 0 spiro atoms. The summed E-state index contributed by atoms with van der Waals surface area (Å²) in [5, 5.41) is 8.98. The standard InChI is InChI=1S/C15H18N4/c1-2-6-15-14(5-1)13(12-17-15)11-16-7-3-9-19-10-4-8-18-19/h1-2,4-6,8,10,12,16-17H,3,7,9,11H2. The van der Waals surface area contributed by atoms with Crippen LogP contribution in [0.15, 0.2) is 48.9 Å². The summed E-state index contributed by atoms with van der Waals surface area (Å²) in [6.45, 7) is 2.87. The highest BCUT2D eigenvalue weighted by Crippen LogP contribution is 2.17. The summed E-state index contributed by atoms with van der Waals surface area (Å²) in [6, 6.07) is 10.4. The molecule has 2 heterocycles. The predicted octanol–water partition coefficient (Wildman–Crippen LogP) is 2.54. The number of rotatable bonds is 6. The SMILES string of the molecule is c1ccc2c(CNCCCn3cccn3)c[nH]c2c1. The first-order chi connectivity index (χ1) is 9.43. The summed E-state index contributed by atoms with van der Waals surface area (Å²) in [5.41, 5.74) is 2.53. The third-order valence-corrected chi connectivity index (χ3v) is 3.29. The summed E-state index contributed by atoms with van der Waals surface area (Å²) in [7, 11) is 0. The fourth-order valence-corrected chi connectivity index (χ4v) is 2.30. The molecule has 2 N–H and O–H groups in total. The monoisotopic (exact) mass is 254 g/mol. The highest BCUT2D eigenvalue weighted by atomic mass is 15.3. The van der Waals surface area contributed by atoms with Crippen LogP contribution in [0.5, 0.6) is 0 Å². The number of fused-ring (bicyclic) bond motifs is 1. The fraction of sp³-hybridized carbons (Fsp3) is 0.267. The zero-order valence-electron chi connectivity index (χ0n) is 10.8. The third kappa shape index (κ3) is 2.85. The Kier molecular flexibility index (Phi) is 3.61. The first kappa shape index (κ1) is 12.0. The van der Waals surface area contributed by atoms with Gasteiger partial charge in [0.2, 0.25) is 0 Å². The number of nitrogens with one attached hydrogen (secondary N) is 2. The molecule has 0 bridgehead atoms. The second-order valence-electron chi connectivity index (χ2n) is 4.66. The number of para-hydroxylation sites is 1. The molecule has 0 aliphatic carbocycles. The predicted molar refractivity (Wildman–Crippen MR) is 76.8 cm³/mol. The lowest BCUT2D eigenvalue weighted by Gasteiger charge is -2.04. The van der Waals surface area contributed by atoms with Crippen LogP contribution in [0.2, 0.25) is 0 Å². The Hall–Kier alpha value is -2.07. The Balaban J connectivity index is 1.47. The van der Waals surface area contributed by atoms with Crippen molar-refractivity contribution < 1.29 is 0 Å². The van der Waals surface area contributed by atoms with Crippen molar-refractivity contribution in [1.82, 2.24) is 20.1 Å². The van der Waals surface area contributed by atoms with Gasteiger partial charge in [0, 0.05) is 42.6 Å². The van der Waals surface area contributed by atoms with E-state index in [4.69, 9.17) is 0 Å². The molecule has 2 aromatic heterocycles. The van der Waals surface area contributed by atoms with E-state index in [1.54, 1.807) is 0 Å². The zero-order chi connectivity index (χ0) is 12.9. The number of aromatic amines is 1. The molecule has 98 valence electrons. The number of aromatic nitrogens is 3. The van der Waals surface area contributed by atoms with Crippen molar-refractivity contribution in [2.45, 2.75) is 19.5 Å². The van der Waals surface area contributed by atoms with Crippen LogP contribution in [0.4, 0.5) is 0 Å². The van der Waals surface area contributed by atoms with E-state index in [9.17, 15) is 0 Å². The third-order valence-electron chi connectivity index (χ3n) is 3.29. The Morgan fingerprint density at radius 1 is 1.21 bits per heavy atom. The van der Waals surface area contributed by atoms with Gasteiger partial charge in [-0.2, -0.15) is 5.10 Å². The van der Waals surface area contributed by atoms with Crippen LogP contribution in [-0.4, -0.2) is 21.3 Å². The summed E-state index contributed by atoms with van der Waals surface area (Å²) in [5.74, 6) is 0. The van der Waals surface area contributed by atoms with Gasteiger partial charge in [0.1, 0.15) is 0 Å². The average Bonchev–Trinajstić information content (AvgIpc) is 3.08. The van der Waals surface area contributed by atoms with Gasteiger partial charge in [-0.1, -0.05) is 18.2 Å². The number of H-pyrrole nitrogens is 1. The molecular formula is C15H18N4. The summed E-state index contributed by atoms with van der Waals surface area (Å²) >= 11 is 0. The molecule has 0 atom stereocenters. The number of hydrogen-bond donors (Lipinski definition) is 2. The molecule has 0 saturated carbocycles. The van der Waals surface area contributed by atoms with Crippen molar-refractivity contribution in [2.24, 2.45) is 0 Å². The highest BCUT2D eigenvalue weighted by molar-refractivity contribution is 5.82. The minimum absolute atomic E-state index is 0.906. The molecule has 0 amide bonds. The van der Waals surface area contributed by atoms with Gasteiger partial charge in [0.15, 0.2) is 0 Å². The quantitative estimate of drug-likeness (QED) is 0.664. The van der Waals surface area contributed by atoms with Crippen LogP contribution < -0.4 is 5.32 Å². The fourth-order valence-electron chi connectivity index (χ4n) is 2.30. The molecule has 1 aromatic carbocycles. The van der Waals surface area contributed by atoms with Crippen molar-refractivity contribution in [3.05, 3.63) is 54.5 Å². The maximum Gasteiger partial charge on any atom is 0.0489 e. The van der Waals surface area contributed by atoms with Gasteiger partial charge in [-0.05, 0) is 30.7 Å². The van der Waals surface area contributed by atoms with Crippen LogP contribution in [0.25, 0.3) is 10.9 Å². The molecule has 0 unspecified atom stereocenters. The van der Waals surface area contributed by atoms with Gasteiger partial charge in [-0.25, -0.2) is 0 Å². The molecule has 4 heteroatoms. The molecule has 0 fully saturated rings. The van der Waals surface area contributed by atoms with Gasteiger partial charge >= 0.3 is 0 Å². The van der Waals surface area contributed by atoms with E-state index >= 15 is 0 Å². The maximum absolute atomic E-state index is 4.19. The van der Waals surface area contributed by atoms with E-state index in [0.717, 1.165) is 26.1 Å². The largest absolute Gasteiger partial charge is 0.361 e. The highest BCUT2D eigenvalue weighted by Gasteiger charge is 2.01. The summed E-state index contributed by atoms with van der Waals surface area (Å²) in [6.07, 6.45) is 6.99. The molecule has 0 aliphatic rings. The van der Waals surface area contributed by atoms with Crippen molar-refractivity contribution >= 4 is 10.9 Å². The normalized spacial score (nSPS) is 11.2. The first-order valence-corrected chi connectivity index (χ1v) is 6.66. The van der Waals surface area contributed by atoms with Crippen LogP contribution >= 0.6 is 0 Å². The van der Waals surface area contributed by atoms with Gasteiger partial charge in [-0.3, -0.25) is 4.68 Å². The lowest BCUT2D eigenvalue weighted by molar-refractivity contribution is 0.544. The molecule has 0 aliphatic heterocycles. The lowest BCUT2D eigenvalue weighted by atomic mass is 10.2. The zero-order valence-corrected chi connectivity index (χ0v) is 10.8. The Bertz CT molecular complexity index is 624. The summed E-state index contributed by atoms with van der Waals surface area (Å²) in [4.78, 5) is 3.30. The van der Waals surface area contributed by atoms with Crippen molar-refractivity contribution in [2.75, 3.05) is 6.54 Å². The average molecular weight is 254 g/mol. The summed E-state index contributed by atoms with van der Waals surface area (Å²) < 4.78 is 1.97. The Morgan fingerprint density at radius 2 is 2.16 bits per heavy atom. The van der Waals surface area contributed by atoms with Crippen LogP contribution in [0.1, 0.15) is 12.0 Å². The minimum atomic E-state index is 0.906. The van der Waals surface area contributed by atoms with Crippen LogP contribution in [-0.2, 0) is 13.1 Å². The van der Waals surface area contributed by atoms with E-state index < -0.39 is 0 Å². The molecular weight excluding hydrogens is 236 g/mol. The van der Waals surface area contributed by atoms with Gasteiger partial charge < -0.3 is 10.3 Å². The Morgan fingerprint density at radius 3 is 3.05 bits per heavy atom. The molecule has 3 aromatic rings. The topological polar surface area (TPSA) is 45.6 Å². The van der Waals surface area contributed by atoms with E-state index in [1.165, 1.54) is 16.5 Å². The molecule has 0 saturated heterocycles. The van der Waals surface area contributed by atoms with Gasteiger partial charge in [0.25, 0.3) is 0 Å².